The molecule has 1 amide bonds. The maximum Gasteiger partial charge on any atom is 0.266 e. The zero-order valence-corrected chi connectivity index (χ0v) is 21.1. The first-order valence-electron chi connectivity index (χ1n) is 10.8. The van der Waals surface area contributed by atoms with Gasteiger partial charge in [-0.3, -0.25) is 9.69 Å². The molecule has 4 heterocycles. The summed E-state index contributed by atoms with van der Waals surface area (Å²) in [5.41, 5.74) is 0.940. The fourth-order valence-corrected chi connectivity index (χ4v) is 6.20. The van der Waals surface area contributed by atoms with Gasteiger partial charge in [-0.15, -0.1) is 0 Å². The van der Waals surface area contributed by atoms with Crippen LogP contribution >= 0.6 is 24.0 Å². The number of sulfone groups is 1. The van der Waals surface area contributed by atoms with E-state index < -0.39 is 9.84 Å². The molecule has 0 radical (unpaired) electrons. The Hall–Kier alpha value is -2.93. The lowest BCUT2D eigenvalue weighted by atomic mass is 10.2. The summed E-state index contributed by atoms with van der Waals surface area (Å²) in [6.45, 7) is 3.86. The summed E-state index contributed by atoms with van der Waals surface area (Å²) < 4.78 is 44.0. The molecule has 1 aromatic carbocycles. The molecule has 0 saturated carbocycles. The minimum absolute atomic E-state index is 0.00989. The average Bonchev–Trinajstić information content (AvgIpc) is 3.58. The number of thiocarbonyl (C=S) groups is 1. The second-order valence-corrected chi connectivity index (χ2v) is 11.5. The molecule has 2 saturated heterocycles. The molecular formula is C23H21N3O6S3. The Balaban J connectivity index is 1.51. The van der Waals surface area contributed by atoms with Gasteiger partial charge >= 0.3 is 0 Å². The smallest absolute Gasteiger partial charge is 0.266 e. The van der Waals surface area contributed by atoms with Crippen LogP contribution < -0.4 is 4.90 Å². The lowest BCUT2D eigenvalue weighted by Crippen LogP contribution is -2.36. The van der Waals surface area contributed by atoms with Gasteiger partial charge in [-0.05, 0) is 31.2 Å². The molecule has 5 rings (SSSR count). The van der Waals surface area contributed by atoms with E-state index >= 15 is 0 Å². The van der Waals surface area contributed by atoms with Crippen LogP contribution in [0.5, 0.6) is 0 Å². The highest BCUT2D eigenvalue weighted by Gasteiger charge is 2.35. The molecule has 3 aromatic rings. The standard InChI is InChI=1S/C23H21N3O6S3/c1-15-4-6-17(7-5-15)35(28,29)20-22(25-8-11-30-12-9-25)32-19(24-20)13-18-21(27)26(23(33)34-18)14-16-3-2-10-31-16/h2-7,10,13H,8-9,11-12,14H2,1H3/b18-13-. The minimum atomic E-state index is -3.97. The monoisotopic (exact) mass is 531 g/mol. The fraction of sp³-hybridized carbons (Fsp3) is 0.261. The van der Waals surface area contributed by atoms with Gasteiger partial charge in [0.15, 0.2) is 0 Å². The number of carbonyl (C=O) groups is 1. The van der Waals surface area contributed by atoms with Crippen molar-refractivity contribution in [2.45, 2.75) is 23.4 Å². The van der Waals surface area contributed by atoms with Gasteiger partial charge in [0.2, 0.25) is 26.6 Å². The summed E-state index contributed by atoms with van der Waals surface area (Å²) in [5, 5.41) is -0.194. The zero-order chi connectivity index (χ0) is 24.6. The summed E-state index contributed by atoms with van der Waals surface area (Å²) in [7, 11) is -3.97. The molecule has 0 N–H and O–H groups in total. The molecule has 2 fully saturated rings. The van der Waals surface area contributed by atoms with Crippen LogP contribution in [0.25, 0.3) is 6.08 Å². The number of carbonyl (C=O) groups excluding carboxylic acids is 1. The number of amides is 1. The summed E-state index contributed by atoms with van der Waals surface area (Å²) >= 11 is 6.47. The molecule has 2 aromatic heterocycles. The molecule has 0 aliphatic carbocycles. The quantitative estimate of drug-likeness (QED) is 0.346. The topological polar surface area (TPSA) is 106 Å². The number of oxazole rings is 1. The number of hydrogen-bond acceptors (Lipinski definition) is 10. The van der Waals surface area contributed by atoms with Gasteiger partial charge in [0.1, 0.15) is 10.1 Å². The van der Waals surface area contributed by atoms with Crippen molar-refractivity contribution in [1.82, 2.24) is 9.88 Å². The van der Waals surface area contributed by atoms with E-state index in [4.69, 9.17) is 25.8 Å². The number of ether oxygens (including phenoxy) is 1. The summed E-state index contributed by atoms with van der Waals surface area (Å²) in [5.74, 6) is 0.409. The number of rotatable bonds is 6. The number of hydrogen-bond donors (Lipinski definition) is 0. The number of aromatic nitrogens is 1. The van der Waals surface area contributed by atoms with Gasteiger partial charge in [0.05, 0.1) is 35.8 Å². The van der Waals surface area contributed by atoms with E-state index in [0.29, 0.717) is 36.4 Å². The SMILES string of the molecule is Cc1ccc(S(=O)(=O)c2nc(/C=C3\SC(=S)N(Cc4ccco4)C3=O)oc2N2CCOCC2)cc1. The number of thioether (sulfide) groups is 1. The third kappa shape index (κ3) is 4.79. The lowest BCUT2D eigenvalue weighted by Gasteiger charge is -2.26. The van der Waals surface area contributed by atoms with E-state index in [1.807, 2.05) is 6.92 Å². The summed E-state index contributed by atoms with van der Waals surface area (Å²) in [6.07, 6.45) is 2.96. The zero-order valence-electron chi connectivity index (χ0n) is 18.7. The van der Waals surface area contributed by atoms with Crippen molar-refractivity contribution in [1.29, 1.82) is 0 Å². The first-order valence-corrected chi connectivity index (χ1v) is 13.5. The van der Waals surface area contributed by atoms with E-state index in [9.17, 15) is 13.2 Å². The van der Waals surface area contributed by atoms with Crippen LogP contribution in [0.15, 0.2) is 66.3 Å². The van der Waals surface area contributed by atoms with Crippen LogP contribution in [-0.4, -0.2) is 54.8 Å². The van der Waals surface area contributed by atoms with Gasteiger partial charge in [0.25, 0.3) is 5.91 Å². The molecule has 0 bridgehead atoms. The first kappa shape index (κ1) is 23.8. The Morgan fingerprint density at radius 2 is 1.91 bits per heavy atom. The van der Waals surface area contributed by atoms with Crippen molar-refractivity contribution in [3.8, 4) is 0 Å². The molecule has 0 atom stereocenters. The van der Waals surface area contributed by atoms with Crippen LogP contribution in [0.1, 0.15) is 17.2 Å². The van der Waals surface area contributed by atoms with Crippen LogP contribution in [0.3, 0.4) is 0 Å². The summed E-state index contributed by atoms with van der Waals surface area (Å²) in [4.78, 5) is 20.9. The fourth-order valence-electron chi connectivity index (χ4n) is 3.65. The predicted molar refractivity (Wildman–Crippen MR) is 134 cm³/mol. The van der Waals surface area contributed by atoms with Gasteiger partial charge in [-0.2, -0.15) is 4.98 Å². The predicted octanol–water partition coefficient (Wildman–Crippen LogP) is 3.65. The van der Waals surface area contributed by atoms with Gasteiger partial charge in [-0.25, -0.2) is 8.42 Å². The van der Waals surface area contributed by atoms with Crippen molar-refractivity contribution in [2.24, 2.45) is 0 Å². The number of furan rings is 1. The minimum Gasteiger partial charge on any atom is -0.467 e. The van der Waals surface area contributed by atoms with E-state index in [0.717, 1.165) is 17.3 Å². The highest BCUT2D eigenvalue weighted by molar-refractivity contribution is 8.26. The normalized spacial score (nSPS) is 18.1. The van der Waals surface area contributed by atoms with E-state index in [1.54, 1.807) is 41.3 Å². The van der Waals surface area contributed by atoms with Gasteiger partial charge < -0.3 is 18.5 Å². The maximum absolute atomic E-state index is 13.5. The third-order valence-electron chi connectivity index (χ3n) is 5.50. The second kappa shape index (κ2) is 9.61. The number of morpholine rings is 1. The molecule has 12 heteroatoms. The Labute approximate surface area is 211 Å². The van der Waals surface area contributed by atoms with Crippen molar-refractivity contribution >= 4 is 56.0 Å². The molecule has 35 heavy (non-hydrogen) atoms. The maximum atomic E-state index is 13.5. The summed E-state index contributed by atoms with van der Waals surface area (Å²) in [6, 6.07) is 10.0. The number of benzene rings is 1. The number of anilines is 1. The molecule has 0 spiro atoms. The van der Waals surface area contributed by atoms with E-state index in [1.165, 1.54) is 17.2 Å². The lowest BCUT2D eigenvalue weighted by molar-refractivity contribution is -0.122. The van der Waals surface area contributed by atoms with E-state index in [2.05, 4.69) is 4.98 Å². The number of aryl methyl sites for hydroxylation is 1. The van der Waals surface area contributed by atoms with Crippen LogP contribution in [-0.2, 0) is 25.9 Å². The van der Waals surface area contributed by atoms with Crippen LogP contribution in [0, 0.1) is 6.92 Å². The van der Waals surface area contributed by atoms with E-state index in [-0.39, 0.29) is 39.1 Å². The van der Waals surface area contributed by atoms with Gasteiger partial charge in [0, 0.05) is 19.2 Å². The van der Waals surface area contributed by atoms with Crippen molar-refractivity contribution in [3.63, 3.8) is 0 Å². The van der Waals surface area contributed by atoms with Crippen molar-refractivity contribution < 1.29 is 26.8 Å². The highest BCUT2D eigenvalue weighted by Crippen LogP contribution is 2.36. The Kier molecular flexibility index (Phi) is 6.53. The average molecular weight is 532 g/mol. The molecule has 182 valence electrons. The highest BCUT2D eigenvalue weighted by atomic mass is 32.2. The molecule has 9 nitrogen and oxygen atoms in total. The Morgan fingerprint density at radius 1 is 1.17 bits per heavy atom. The Morgan fingerprint density at radius 3 is 2.60 bits per heavy atom. The largest absolute Gasteiger partial charge is 0.467 e. The number of nitrogens with zero attached hydrogens (tertiary/aromatic N) is 3. The first-order chi connectivity index (χ1) is 16.8. The van der Waals surface area contributed by atoms with Crippen LogP contribution in [0.4, 0.5) is 5.88 Å². The Bertz CT molecular complexity index is 1390. The van der Waals surface area contributed by atoms with Crippen LogP contribution in [0.2, 0.25) is 0 Å². The molecule has 2 aliphatic rings. The van der Waals surface area contributed by atoms with Crippen molar-refractivity contribution in [2.75, 3.05) is 31.2 Å². The molecular weight excluding hydrogens is 510 g/mol. The van der Waals surface area contributed by atoms with Gasteiger partial charge in [-0.1, -0.05) is 41.7 Å². The molecule has 2 aliphatic heterocycles. The second-order valence-electron chi connectivity index (χ2n) is 7.93. The molecule has 0 unspecified atom stereocenters. The third-order valence-corrected chi connectivity index (χ3v) is 8.55. The van der Waals surface area contributed by atoms with Crippen molar-refractivity contribution in [3.05, 3.63) is 64.8 Å².